The highest BCUT2D eigenvalue weighted by atomic mass is 32.2. The molecule has 142 valence electrons. The molecule has 8 heteroatoms. The summed E-state index contributed by atoms with van der Waals surface area (Å²) in [6, 6.07) is 9.63. The molecule has 0 saturated carbocycles. The summed E-state index contributed by atoms with van der Waals surface area (Å²) >= 11 is 2.77. The molecular weight excluding hydrogens is 382 g/mol. The Balaban J connectivity index is 1.69. The number of para-hydroxylation sites is 2. The lowest BCUT2D eigenvalue weighted by Crippen LogP contribution is -2.16. The quantitative estimate of drug-likeness (QED) is 0.475. The SMILES string of the molecule is CCOC(=O)c1cc(CC)sc1NC(=O)CSc1nc2ccccc2n1C. The van der Waals surface area contributed by atoms with E-state index >= 15 is 0 Å². The maximum absolute atomic E-state index is 12.4. The van der Waals surface area contributed by atoms with Crippen LogP contribution in [0.2, 0.25) is 0 Å². The van der Waals surface area contributed by atoms with Crippen molar-refractivity contribution in [2.45, 2.75) is 25.4 Å². The van der Waals surface area contributed by atoms with Crippen molar-refractivity contribution >= 4 is 51.0 Å². The molecule has 3 aromatic rings. The second kappa shape index (κ2) is 8.58. The Kier molecular flexibility index (Phi) is 6.18. The van der Waals surface area contributed by atoms with E-state index in [0.29, 0.717) is 17.2 Å². The molecule has 0 spiro atoms. The minimum absolute atomic E-state index is 0.179. The summed E-state index contributed by atoms with van der Waals surface area (Å²) < 4.78 is 7.05. The van der Waals surface area contributed by atoms with E-state index in [1.54, 1.807) is 13.0 Å². The van der Waals surface area contributed by atoms with Crippen LogP contribution in [0.1, 0.15) is 29.1 Å². The maximum atomic E-state index is 12.4. The maximum Gasteiger partial charge on any atom is 0.341 e. The number of hydrogen-bond acceptors (Lipinski definition) is 6. The van der Waals surface area contributed by atoms with E-state index < -0.39 is 5.97 Å². The smallest absolute Gasteiger partial charge is 0.341 e. The molecule has 0 unspecified atom stereocenters. The fourth-order valence-electron chi connectivity index (χ4n) is 2.61. The van der Waals surface area contributed by atoms with E-state index in [9.17, 15) is 9.59 Å². The first-order valence-electron chi connectivity index (χ1n) is 8.67. The molecule has 0 aliphatic heterocycles. The Morgan fingerprint density at radius 1 is 1.30 bits per heavy atom. The van der Waals surface area contributed by atoms with Gasteiger partial charge in [-0.15, -0.1) is 11.3 Å². The summed E-state index contributed by atoms with van der Waals surface area (Å²) in [4.78, 5) is 30.1. The molecule has 0 saturated heterocycles. The zero-order valence-electron chi connectivity index (χ0n) is 15.4. The van der Waals surface area contributed by atoms with E-state index in [4.69, 9.17) is 4.74 Å². The molecule has 1 N–H and O–H groups in total. The Bertz CT molecular complexity index is 978. The predicted molar refractivity (Wildman–Crippen MR) is 110 cm³/mol. The van der Waals surface area contributed by atoms with Crippen LogP contribution in [0.15, 0.2) is 35.5 Å². The highest BCUT2D eigenvalue weighted by Gasteiger charge is 2.19. The first-order chi connectivity index (χ1) is 13.0. The van der Waals surface area contributed by atoms with Gasteiger partial charge in [-0.2, -0.15) is 0 Å². The van der Waals surface area contributed by atoms with Crippen LogP contribution in [0.4, 0.5) is 5.00 Å². The highest BCUT2D eigenvalue weighted by molar-refractivity contribution is 7.99. The van der Waals surface area contributed by atoms with E-state index in [2.05, 4.69) is 10.3 Å². The molecule has 0 fully saturated rings. The number of rotatable bonds is 7. The third kappa shape index (κ3) is 4.33. The third-order valence-corrected chi connectivity index (χ3v) is 6.18. The van der Waals surface area contributed by atoms with Crippen molar-refractivity contribution in [3.63, 3.8) is 0 Å². The van der Waals surface area contributed by atoms with Gasteiger partial charge < -0.3 is 14.6 Å². The van der Waals surface area contributed by atoms with Gasteiger partial charge in [-0.05, 0) is 31.5 Å². The van der Waals surface area contributed by atoms with Crippen LogP contribution in [-0.4, -0.2) is 33.8 Å². The number of carbonyl (C=O) groups excluding carboxylic acids is 2. The Labute approximate surface area is 165 Å². The Hall–Kier alpha value is -2.32. The molecule has 2 aromatic heterocycles. The molecule has 6 nitrogen and oxygen atoms in total. The number of ether oxygens (including phenoxy) is 1. The van der Waals surface area contributed by atoms with Gasteiger partial charge in [-0.3, -0.25) is 4.79 Å². The fraction of sp³-hybridized carbons (Fsp3) is 0.316. The summed E-state index contributed by atoms with van der Waals surface area (Å²) in [5.41, 5.74) is 2.34. The largest absolute Gasteiger partial charge is 0.462 e. The van der Waals surface area contributed by atoms with E-state index in [1.165, 1.54) is 23.1 Å². The first-order valence-corrected chi connectivity index (χ1v) is 10.5. The minimum atomic E-state index is -0.410. The van der Waals surface area contributed by atoms with Crippen LogP contribution in [0.3, 0.4) is 0 Å². The van der Waals surface area contributed by atoms with Gasteiger partial charge in [0.1, 0.15) is 5.00 Å². The molecule has 0 atom stereocenters. The number of thioether (sulfide) groups is 1. The summed E-state index contributed by atoms with van der Waals surface area (Å²) in [5.74, 6) is -0.382. The molecule has 0 aliphatic rings. The van der Waals surface area contributed by atoms with Crippen LogP contribution >= 0.6 is 23.1 Å². The number of aryl methyl sites for hydroxylation is 2. The zero-order valence-corrected chi connectivity index (χ0v) is 17.1. The molecule has 1 aromatic carbocycles. The normalized spacial score (nSPS) is 10.9. The summed E-state index contributed by atoms with van der Waals surface area (Å²) in [6.45, 7) is 4.07. The summed E-state index contributed by atoms with van der Waals surface area (Å²) in [7, 11) is 1.93. The number of thiophene rings is 1. The van der Waals surface area contributed by atoms with Crippen molar-refractivity contribution in [2.24, 2.45) is 7.05 Å². The third-order valence-electron chi connectivity index (χ3n) is 3.96. The van der Waals surface area contributed by atoms with Crippen LogP contribution in [0, 0.1) is 0 Å². The number of aromatic nitrogens is 2. The fourth-order valence-corrected chi connectivity index (χ4v) is 4.40. The van der Waals surface area contributed by atoms with E-state index in [0.717, 1.165) is 27.5 Å². The van der Waals surface area contributed by atoms with E-state index in [1.807, 2.05) is 42.8 Å². The van der Waals surface area contributed by atoms with Gasteiger partial charge in [-0.1, -0.05) is 30.8 Å². The Morgan fingerprint density at radius 2 is 2.07 bits per heavy atom. The van der Waals surface area contributed by atoms with Gasteiger partial charge in [0.05, 0.1) is 29.0 Å². The first kappa shape index (κ1) is 19.4. The molecule has 2 heterocycles. The van der Waals surface area contributed by atoms with Crippen molar-refractivity contribution in [3.05, 3.63) is 40.8 Å². The van der Waals surface area contributed by atoms with Gasteiger partial charge in [0.2, 0.25) is 5.91 Å². The number of carbonyl (C=O) groups is 2. The van der Waals surface area contributed by atoms with Gasteiger partial charge in [0.15, 0.2) is 5.16 Å². The monoisotopic (exact) mass is 403 g/mol. The number of benzene rings is 1. The molecule has 0 aliphatic carbocycles. The molecule has 3 rings (SSSR count). The number of fused-ring (bicyclic) bond motifs is 1. The number of amides is 1. The van der Waals surface area contributed by atoms with E-state index in [-0.39, 0.29) is 11.7 Å². The zero-order chi connectivity index (χ0) is 19.4. The molecule has 0 radical (unpaired) electrons. The van der Waals surface area contributed by atoms with Crippen LogP contribution < -0.4 is 5.32 Å². The lowest BCUT2D eigenvalue weighted by molar-refractivity contribution is -0.113. The van der Waals surface area contributed by atoms with Crippen LogP contribution in [0.25, 0.3) is 11.0 Å². The van der Waals surface area contributed by atoms with Crippen molar-refractivity contribution in [1.82, 2.24) is 9.55 Å². The molecular formula is C19H21N3O3S2. The molecule has 0 bridgehead atoms. The second-order valence-electron chi connectivity index (χ2n) is 5.81. The lowest BCUT2D eigenvalue weighted by Gasteiger charge is -2.06. The minimum Gasteiger partial charge on any atom is -0.462 e. The topological polar surface area (TPSA) is 73.2 Å². The average molecular weight is 404 g/mol. The van der Waals surface area contributed by atoms with Gasteiger partial charge in [-0.25, -0.2) is 9.78 Å². The lowest BCUT2D eigenvalue weighted by atomic mass is 10.2. The number of hydrogen-bond donors (Lipinski definition) is 1. The summed E-state index contributed by atoms with van der Waals surface area (Å²) in [5, 5.41) is 4.17. The Morgan fingerprint density at radius 3 is 2.78 bits per heavy atom. The number of esters is 1. The average Bonchev–Trinajstić information content (AvgIpc) is 3.21. The van der Waals surface area contributed by atoms with Crippen molar-refractivity contribution in [2.75, 3.05) is 17.7 Å². The predicted octanol–water partition coefficient (Wildman–Crippen LogP) is 4.10. The van der Waals surface area contributed by atoms with Gasteiger partial charge >= 0.3 is 5.97 Å². The molecule has 27 heavy (non-hydrogen) atoms. The highest BCUT2D eigenvalue weighted by Crippen LogP contribution is 2.30. The number of nitrogens with one attached hydrogen (secondary N) is 1. The number of nitrogens with zero attached hydrogens (tertiary/aromatic N) is 2. The van der Waals surface area contributed by atoms with Crippen molar-refractivity contribution in [3.8, 4) is 0 Å². The van der Waals surface area contributed by atoms with Crippen molar-refractivity contribution < 1.29 is 14.3 Å². The summed E-state index contributed by atoms with van der Waals surface area (Å²) in [6.07, 6.45) is 0.793. The number of imidazole rings is 1. The second-order valence-corrected chi connectivity index (χ2v) is 7.89. The van der Waals surface area contributed by atoms with Crippen molar-refractivity contribution in [1.29, 1.82) is 0 Å². The number of anilines is 1. The standard InChI is InChI=1S/C19H21N3O3S2/c1-4-12-10-13(18(24)25-5-2)17(27-12)21-16(23)11-26-19-20-14-8-6-7-9-15(14)22(19)3/h6-10H,4-5,11H2,1-3H3,(H,21,23). The van der Waals surface area contributed by atoms with Crippen LogP contribution in [0.5, 0.6) is 0 Å². The van der Waals surface area contributed by atoms with Gasteiger partial charge in [0.25, 0.3) is 0 Å². The van der Waals surface area contributed by atoms with Crippen LogP contribution in [-0.2, 0) is 23.0 Å². The van der Waals surface area contributed by atoms with Gasteiger partial charge in [0, 0.05) is 11.9 Å². The molecule has 1 amide bonds.